The first-order chi connectivity index (χ1) is 24.1. The van der Waals surface area contributed by atoms with Crippen molar-refractivity contribution in [2.24, 2.45) is 4.99 Å². The van der Waals surface area contributed by atoms with Crippen molar-refractivity contribution in [1.29, 1.82) is 0 Å². The van der Waals surface area contributed by atoms with Gasteiger partial charge in [-0.1, -0.05) is 0 Å². The number of amides is 3. The van der Waals surface area contributed by atoms with E-state index in [0.29, 0.717) is 0 Å². The van der Waals surface area contributed by atoms with Crippen molar-refractivity contribution in [3.63, 3.8) is 0 Å². The number of non-ortho nitro benzene ring substituents is 1. The first-order valence-corrected chi connectivity index (χ1v) is 15.4. The number of alkyl carbamates (subject to hydrolysis) is 1. The number of nitrogens with zero attached hydrogens (tertiary/aromatic N) is 2. The number of rotatable bonds is 8. The van der Waals surface area contributed by atoms with Gasteiger partial charge in [0, 0.05) is 19.1 Å². The van der Waals surface area contributed by atoms with E-state index in [0.717, 1.165) is 44.4 Å². The van der Waals surface area contributed by atoms with Crippen LogP contribution in [0.2, 0.25) is 0 Å². The van der Waals surface area contributed by atoms with E-state index in [2.05, 4.69) is 20.9 Å². The Bertz CT molecular complexity index is 1610. The van der Waals surface area contributed by atoms with Gasteiger partial charge in [-0.2, -0.15) is 0 Å². The molecule has 1 aromatic rings. The van der Waals surface area contributed by atoms with Crippen molar-refractivity contribution >= 4 is 48.0 Å². The van der Waals surface area contributed by atoms with Crippen LogP contribution in [-0.4, -0.2) is 103 Å². The fourth-order valence-corrected chi connectivity index (χ4v) is 4.51. The number of nitro benzene ring substituents is 1. The molecule has 0 bridgehead atoms. The number of carbonyl (C=O) groups excluding carboxylic acids is 6. The number of guanidine groups is 1. The second kappa shape index (κ2) is 16.7. The number of aliphatic imine (C=N–C) groups is 1. The summed E-state index contributed by atoms with van der Waals surface area (Å²) >= 11 is 0. The van der Waals surface area contributed by atoms with E-state index in [9.17, 15) is 38.9 Å². The number of benzene rings is 1. The normalized spacial score (nSPS) is 20.7. The summed E-state index contributed by atoms with van der Waals surface area (Å²) in [6.45, 7) is 10.1. The quantitative estimate of drug-likeness (QED) is 0.0658. The molecule has 0 spiro atoms. The molecule has 5 atom stereocenters. The van der Waals surface area contributed by atoms with E-state index in [1.165, 1.54) is 0 Å². The van der Waals surface area contributed by atoms with Gasteiger partial charge in [0.05, 0.1) is 24.1 Å². The zero-order valence-corrected chi connectivity index (χ0v) is 29.4. The predicted octanol–water partition coefficient (Wildman–Crippen LogP) is 2.75. The molecule has 1 unspecified atom stereocenters. The Hall–Kier alpha value is -6.15. The van der Waals surface area contributed by atoms with E-state index in [1.807, 2.05) is 0 Å². The molecule has 3 amide bonds. The number of hydrogen-bond donors (Lipinski definition) is 3. The monoisotopic (exact) mass is 737 g/mol. The Labute approximate surface area is 296 Å². The molecule has 2 heterocycles. The number of carbonyl (C=O) groups is 6. The van der Waals surface area contributed by atoms with Gasteiger partial charge in [0.1, 0.15) is 23.6 Å². The van der Waals surface area contributed by atoms with Crippen LogP contribution in [0.25, 0.3) is 0 Å². The van der Waals surface area contributed by atoms with E-state index in [1.54, 1.807) is 41.5 Å². The zero-order valence-electron chi connectivity index (χ0n) is 29.4. The van der Waals surface area contributed by atoms with Gasteiger partial charge < -0.3 is 48.5 Å². The number of esters is 1. The maximum Gasteiger partial charge on any atom is 0.514 e. The molecule has 2 aliphatic heterocycles. The predicted molar refractivity (Wildman–Crippen MR) is 173 cm³/mol. The Balaban J connectivity index is 2.08. The lowest BCUT2D eigenvalue weighted by Gasteiger charge is -2.41. The van der Waals surface area contributed by atoms with Crippen molar-refractivity contribution in [2.75, 3.05) is 13.7 Å². The van der Waals surface area contributed by atoms with Crippen LogP contribution in [0.4, 0.5) is 24.9 Å². The molecule has 21 heteroatoms. The fraction of sp³-hybridized carbons (Fsp3) is 0.516. The Kier molecular flexibility index (Phi) is 12.9. The minimum absolute atomic E-state index is 0.178. The van der Waals surface area contributed by atoms with Crippen LogP contribution in [0.5, 0.6) is 5.75 Å². The highest BCUT2D eigenvalue weighted by Crippen LogP contribution is 2.29. The number of cyclic esters (lactones) is 2. The summed E-state index contributed by atoms with van der Waals surface area (Å²) in [6.07, 6.45) is -8.48. The third-order valence-corrected chi connectivity index (χ3v) is 6.39. The molecular weight excluding hydrogens is 698 g/mol. The summed E-state index contributed by atoms with van der Waals surface area (Å²) < 4.78 is 42.0. The number of methoxy groups -OCH3 is 1. The van der Waals surface area contributed by atoms with Crippen molar-refractivity contribution in [1.82, 2.24) is 16.0 Å². The highest BCUT2D eigenvalue weighted by molar-refractivity contribution is 5.99. The summed E-state index contributed by atoms with van der Waals surface area (Å²) in [5, 5.41) is 18.6. The van der Waals surface area contributed by atoms with Crippen molar-refractivity contribution in [2.45, 2.75) is 90.1 Å². The van der Waals surface area contributed by atoms with Gasteiger partial charge in [-0.3, -0.25) is 20.2 Å². The van der Waals surface area contributed by atoms with Gasteiger partial charge in [0.2, 0.25) is 17.6 Å². The van der Waals surface area contributed by atoms with Crippen LogP contribution in [0.3, 0.4) is 0 Å². The van der Waals surface area contributed by atoms with E-state index in [-0.39, 0.29) is 11.4 Å². The molecule has 1 saturated heterocycles. The largest absolute Gasteiger partial charge is 0.514 e. The van der Waals surface area contributed by atoms with Crippen LogP contribution in [0.15, 0.2) is 41.1 Å². The second-order valence-electron chi connectivity index (χ2n) is 13.0. The maximum absolute atomic E-state index is 13.1. The Morgan fingerprint density at radius 2 is 1.62 bits per heavy atom. The first kappa shape index (κ1) is 40.3. The van der Waals surface area contributed by atoms with Crippen molar-refractivity contribution < 1.29 is 71.6 Å². The molecule has 3 rings (SSSR count). The van der Waals surface area contributed by atoms with Gasteiger partial charge in [0.15, 0.2) is 18.3 Å². The van der Waals surface area contributed by atoms with Gasteiger partial charge >= 0.3 is 30.5 Å². The molecule has 2 aliphatic rings. The summed E-state index contributed by atoms with van der Waals surface area (Å²) in [7, 11) is 1.03. The van der Waals surface area contributed by atoms with Crippen LogP contribution in [0.1, 0.15) is 48.5 Å². The Morgan fingerprint density at radius 1 is 0.981 bits per heavy atom. The zero-order chi connectivity index (χ0) is 39.0. The van der Waals surface area contributed by atoms with Gasteiger partial charge in [-0.05, 0) is 59.8 Å². The average molecular weight is 738 g/mol. The maximum atomic E-state index is 13.1. The molecule has 1 aromatic carbocycles. The minimum Gasteiger partial charge on any atom is -0.477 e. The van der Waals surface area contributed by atoms with Crippen molar-refractivity contribution in [3.8, 4) is 5.75 Å². The SMILES string of the molecule is COC(=O)C1=C[C@H](NC(=NC(=O)OC(C)(C)C)NC(=O)OC(C)(C)C)C(NC(C)=O)[C@H]([C@H](OC(=O)Oc2ccc([N+](=O)[O-])cc2)[C@H]2COC(=O)O2)O1. The third kappa shape index (κ3) is 12.3. The van der Waals surface area contributed by atoms with E-state index < -0.39 is 101 Å². The molecule has 0 saturated carbocycles. The molecular formula is C31H39N5O16. The molecule has 1 fully saturated rings. The first-order valence-electron chi connectivity index (χ1n) is 15.4. The summed E-state index contributed by atoms with van der Waals surface area (Å²) in [6, 6.07) is 1.61. The molecule has 0 aromatic heterocycles. The van der Waals surface area contributed by atoms with Gasteiger partial charge in [0.25, 0.3) is 5.69 Å². The van der Waals surface area contributed by atoms with E-state index in [4.69, 9.17) is 37.9 Å². The Morgan fingerprint density at radius 3 is 2.13 bits per heavy atom. The molecule has 52 heavy (non-hydrogen) atoms. The highest BCUT2D eigenvalue weighted by atomic mass is 16.8. The number of nitro groups is 1. The molecule has 3 N–H and O–H groups in total. The standard InChI is InChI=1S/C31H39N5O16/c1-15(37)32-21-18(33-25(34-26(39)51-30(2,3)4)35-27(40)52-31(5,6)7)13-19(24(38)45-8)48-23(21)22(20-14-46-28(41)49-20)50-29(42)47-17-11-9-16(10-12-17)36(43)44/h9-13,18,20-23H,14H2,1-8H3,(H,32,37)(H2,33,34,35,39,40)/t18-,20+,21?,22+,23+/m0/s1. The number of nitrogens with one attached hydrogen (secondary N) is 3. The lowest BCUT2D eigenvalue weighted by molar-refractivity contribution is -0.384. The van der Waals surface area contributed by atoms with Gasteiger partial charge in [-0.25, -0.2) is 24.0 Å². The van der Waals surface area contributed by atoms with Crippen LogP contribution >= 0.6 is 0 Å². The smallest absolute Gasteiger partial charge is 0.477 e. The third-order valence-electron chi connectivity index (χ3n) is 6.39. The lowest BCUT2D eigenvalue weighted by Crippen LogP contribution is -2.65. The molecule has 0 radical (unpaired) electrons. The highest BCUT2D eigenvalue weighted by Gasteiger charge is 2.50. The van der Waals surface area contributed by atoms with Crippen LogP contribution in [-0.2, 0) is 42.7 Å². The molecule has 21 nitrogen and oxygen atoms in total. The topological polar surface area (TPSA) is 268 Å². The summed E-state index contributed by atoms with van der Waals surface area (Å²) in [5.74, 6) is -3.02. The fourth-order valence-electron chi connectivity index (χ4n) is 4.51. The van der Waals surface area contributed by atoms with Gasteiger partial charge in [-0.15, -0.1) is 4.99 Å². The van der Waals surface area contributed by atoms with Crippen LogP contribution < -0.4 is 20.7 Å². The lowest BCUT2D eigenvalue weighted by atomic mass is 9.91. The van der Waals surface area contributed by atoms with Crippen molar-refractivity contribution in [3.05, 3.63) is 46.2 Å². The molecule has 284 valence electrons. The summed E-state index contributed by atoms with van der Waals surface area (Å²) in [4.78, 5) is 90.2. The minimum atomic E-state index is -1.73. The number of ether oxygens (including phenoxy) is 8. The molecule has 0 aliphatic carbocycles. The summed E-state index contributed by atoms with van der Waals surface area (Å²) in [5.41, 5.74) is -2.29. The second-order valence-corrected chi connectivity index (χ2v) is 13.0. The average Bonchev–Trinajstić information content (AvgIpc) is 3.44. The van der Waals surface area contributed by atoms with Crippen LogP contribution in [0, 0.1) is 10.1 Å². The number of hydrogen-bond acceptors (Lipinski definition) is 16. The van der Waals surface area contributed by atoms with E-state index >= 15 is 0 Å².